The van der Waals surface area contributed by atoms with E-state index in [-0.39, 0.29) is 0 Å². The molecule has 2 aromatic carbocycles. The number of fused-ring (bicyclic) bond motifs is 1. The highest BCUT2D eigenvalue weighted by Gasteiger charge is 2.28. The molecular formula is C21H27NO2. The Bertz CT molecular complexity index is 669. The molecule has 0 aliphatic carbocycles. The normalized spacial score (nSPS) is 17.4. The van der Waals surface area contributed by atoms with Crippen LogP contribution in [0.5, 0.6) is 11.5 Å². The highest BCUT2D eigenvalue weighted by Crippen LogP contribution is 2.39. The summed E-state index contributed by atoms with van der Waals surface area (Å²) in [5.74, 6) is 1.66. The van der Waals surface area contributed by atoms with Gasteiger partial charge in [-0.3, -0.25) is 4.90 Å². The molecule has 0 fully saturated rings. The minimum absolute atomic E-state index is 0.399. The summed E-state index contributed by atoms with van der Waals surface area (Å²) in [4.78, 5) is 2.61. The van der Waals surface area contributed by atoms with Gasteiger partial charge in [0.05, 0.1) is 14.2 Å². The molecule has 128 valence electrons. The highest BCUT2D eigenvalue weighted by atomic mass is 16.5. The van der Waals surface area contributed by atoms with Crippen LogP contribution in [0.1, 0.15) is 36.1 Å². The predicted octanol–water partition coefficient (Wildman–Crippen LogP) is 4.26. The van der Waals surface area contributed by atoms with Crippen molar-refractivity contribution in [2.45, 2.75) is 32.2 Å². The second-order valence-electron chi connectivity index (χ2n) is 6.40. The molecule has 1 unspecified atom stereocenters. The number of nitrogens with zero attached hydrogens (tertiary/aromatic N) is 1. The summed E-state index contributed by atoms with van der Waals surface area (Å²) in [5, 5.41) is 0. The highest BCUT2D eigenvalue weighted by molar-refractivity contribution is 5.49. The number of methoxy groups -OCH3 is 2. The van der Waals surface area contributed by atoms with Gasteiger partial charge in [-0.2, -0.15) is 0 Å². The van der Waals surface area contributed by atoms with Crippen LogP contribution >= 0.6 is 0 Å². The largest absolute Gasteiger partial charge is 0.493 e. The van der Waals surface area contributed by atoms with E-state index in [1.165, 1.54) is 23.1 Å². The lowest BCUT2D eigenvalue weighted by Gasteiger charge is -2.38. The predicted molar refractivity (Wildman–Crippen MR) is 98.0 cm³/mol. The van der Waals surface area contributed by atoms with Gasteiger partial charge in [-0.1, -0.05) is 37.3 Å². The number of hydrogen-bond donors (Lipinski definition) is 0. The van der Waals surface area contributed by atoms with E-state index in [1.807, 2.05) is 0 Å². The Hall–Kier alpha value is -2.00. The van der Waals surface area contributed by atoms with Gasteiger partial charge in [-0.15, -0.1) is 0 Å². The first-order valence-corrected chi connectivity index (χ1v) is 8.79. The van der Waals surface area contributed by atoms with Crippen molar-refractivity contribution in [2.75, 3.05) is 27.3 Å². The molecule has 3 heteroatoms. The van der Waals surface area contributed by atoms with Gasteiger partial charge >= 0.3 is 0 Å². The van der Waals surface area contributed by atoms with Gasteiger partial charge in [0.15, 0.2) is 11.5 Å². The van der Waals surface area contributed by atoms with Crippen molar-refractivity contribution in [3.05, 3.63) is 59.2 Å². The lowest BCUT2D eigenvalue weighted by molar-refractivity contribution is 0.183. The fraction of sp³-hybridized carbons (Fsp3) is 0.429. The van der Waals surface area contributed by atoms with Crippen LogP contribution in [0.25, 0.3) is 0 Å². The van der Waals surface area contributed by atoms with E-state index in [0.29, 0.717) is 6.04 Å². The molecule has 0 saturated carbocycles. The topological polar surface area (TPSA) is 21.7 Å². The third-order valence-corrected chi connectivity index (χ3v) is 4.90. The average molecular weight is 325 g/mol. The fourth-order valence-corrected chi connectivity index (χ4v) is 3.71. The van der Waals surface area contributed by atoms with E-state index >= 15 is 0 Å². The molecule has 1 atom stereocenters. The molecule has 0 spiro atoms. The molecule has 0 radical (unpaired) electrons. The maximum atomic E-state index is 5.55. The van der Waals surface area contributed by atoms with Crippen molar-refractivity contribution in [3.8, 4) is 11.5 Å². The van der Waals surface area contributed by atoms with Gasteiger partial charge in [0.2, 0.25) is 0 Å². The van der Waals surface area contributed by atoms with Gasteiger partial charge in [-0.05, 0) is 54.6 Å². The Kier molecular flexibility index (Phi) is 5.41. The van der Waals surface area contributed by atoms with E-state index in [4.69, 9.17) is 9.47 Å². The number of benzene rings is 2. The summed E-state index contributed by atoms with van der Waals surface area (Å²) in [6, 6.07) is 15.5. The van der Waals surface area contributed by atoms with Crippen molar-refractivity contribution >= 4 is 0 Å². The quantitative estimate of drug-likeness (QED) is 0.792. The smallest absolute Gasteiger partial charge is 0.161 e. The Morgan fingerprint density at radius 2 is 1.75 bits per heavy atom. The van der Waals surface area contributed by atoms with E-state index in [0.717, 1.165) is 37.4 Å². The number of ether oxygens (including phenoxy) is 2. The average Bonchev–Trinajstić information content (AvgIpc) is 2.63. The summed E-state index contributed by atoms with van der Waals surface area (Å²) in [6.45, 7) is 4.49. The molecule has 24 heavy (non-hydrogen) atoms. The minimum Gasteiger partial charge on any atom is -0.493 e. The molecule has 0 bridgehead atoms. The Morgan fingerprint density at radius 1 is 1.04 bits per heavy atom. The van der Waals surface area contributed by atoms with E-state index in [9.17, 15) is 0 Å². The fourth-order valence-electron chi connectivity index (χ4n) is 3.71. The van der Waals surface area contributed by atoms with Gasteiger partial charge in [-0.25, -0.2) is 0 Å². The first-order chi connectivity index (χ1) is 11.8. The zero-order chi connectivity index (χ0) is 16.9. The molecule has 1 heterocycles. The van der Waals surface area contributed by atoms with Crippen LogP contribution in [-0.2, 0) is 12.8 Å². The van der Waals surface area contributed by atoms with Crippen LogP contribution in [0.2, 0.25) is 0 Å². The molecule has 0 N–H and O–H groups in total. The standard InChI is InChI=1S/C21H27NO2/c1-4-11-22-12-10-17-14-20(23-2)21(24-3)15-18(17)19(22)13-16-8-6-5-7-9-16/h5-9,14-15,19H,4,10-13H2,1-3H3. The number of rotatable bonds is 6. The maximum Gasteiger partial charge on any atom is 0.161 e. The van der Waals surface area contributed by atoms with Gasteiger partial charge in [0.25, 0.3) is 0 Å². The van der Waals surface area contributed by atoms with E-state index < -0.39 is 0 Å². The molecule has 3 rings (SSSR count). The van der Waals surface area contributed by atoms with Crippen LogP contribution in [-0.4, -0.2) is 32.2 Å². The van der Waals surface area contributed by atoms with Gasteiger partial charge in [0.1, 0.15) is 0 Å². The molecular weight excluding hydrogens is 298 g/mol. The van der Waals surface area contributed by atoms with Crippen molar-refractivity contribution in [1.82, 2.24) is 4.90 Å². The number of hydrogen-bond acceptors (Lipinski definition) is 3. The zero-order valence-corrected chi connectivity index (χ0v) is 14.9. The minimum atomic E-state index is 0.399. The van der Waals surface area contributed by atoms with Crippen molar-refractivity contribution in [2.24, 2.45) is 0 Å². The van der Waals surface area contributed by atoms with Crippen molar-refractivity contribution < 1.29 is 9.47 Å². The van der Waals surface area contributed by atoms with Crippen LogP contribution in [0.15, 0.2) is 42.5 Å². The van der Waals surface area contributed by atoms with Crippen molar-refractivity contribution in [3.63, 3.8) is 0 Å². The molecule has 2 aromatic rings. The van der Waals surface area contributed by atoms with Gasteiger partial charge < -0.3 is 9.47 Å². The summed E-state index contributed by atoms with van der Waals surface area (Å²) >= 11 is 0. The molecule has 1 aliphatic rings. The second kappa shape index (κ2) is 7.71. The van der Waals surface area contributed by atoms with E-state index in [2.05, 4.69) is 54.3 Å². The third-order valence-electron chi connectivity index (χ3n) is 4.90. The van der Waals surface area contributed by atoms with Crippen LogP contribution in [0.3, 0.4) is 0 Å². The lowest BCUT2D eigenvalue weighted by Crippen LogP contribution is -2.37. The molecule has 0 aromatic heterocycles. The van der Waals surface area contributed by atoms with Crippen LogP contribution < -0.4 is 9.47 Å². The summed E-state index contributed by atoms with van der Waals surface area (Å²) in [7, 11) is 3.42. The summed E-state index contributed by atoms with van der Waals surface area (Å²) in [5.41, 5.74) is 4.16. The molecule has 0 saturated heterocycles. The van der Waals surface area contributed by atoms with Crippen LogP contribution in [0, 0.1) is 0 Å². The van der Waals surface area contributed by atoms with Crippen molar-refractivity contribution in [1.29, 1.82) is 0 Å². The first kappa shape index (κ1) is 16.8. The first-order valence-electron chi connectivity index (χ1n) is 8.79. The molecule has 3 nitrogen and oxygen atoms in total. The second-order valence-corrected chi connectivity index (χ2v) is 6.40. The maximum absolute atomic E-state index is 5.55. The molecule has 0 amide bonds. The van der Waals surface area contributed by atoms with Crippen LogP contribution in [0.4, 0.5) is 0 Å². The molecule has 1 aliphatic heterocycles. The Balaban J connectivity index is 1.99. The Morgan fingerprint density at radius 3 is 2.42 bits per heavy atom. The summed E-state index contributed by atoms with van der Waals surface area (Å²) < 4.78 is 11.0. The lowest BCUT2D eigenvalue weighted by atomic mass is 9.88. The van der Waals surface area contributed by atoms with Gasteiger partial charge in [0, 0.05) is 12.6 Å². The SMILES string of the molecule is CCCN1CCc2cc(OC)c(OC)cc2C1Cc1ccccc1. The monoisotopic (exact) mass is 325 g/mol. The van der Waals surface area contributed by atoms with E-state index in [1.54, 1.807) is 14.2 Å². The zero-order valence-electron chi connectivity index (χ0n) is 14.9. The summed E-state index contributed by atoms with van der Waals surface area (Å²) in [6.07, 6.45) is 3.28. The third kappa shape index (κ3) is 3.41. The Labute approximate surface area is 145 Å².